The van der Waals surface area contributed by atoms with E-state index >= 15 is 0 Å². The van der Waals surface area contributed by atoms with Gasteiger partial charge in [-0.3, -0.25) is 0 Å². The van der Waals surface area contributed by atoms with Crippen molar-refractivity contribution in [2.45, 2.75) is 26.0 Å². The van der Waals surface area contributed by atoms with Crippen molar-refractivity contribution in [1.29, 1.82) is 0 Å². The lowest BCUT2D eigenvalue weighted by Crippen LogP contribution is -2.39. The summed E-state index contributed by atoms with van der Waals surface area (Å²) < 4.78 is 5.06. The Hall–Kier alpha value is -0.120. The van der Waals surface area contributed by atoms with Gasteiger partial charge in [-0.05, 0) is 13.3 Å². The first kappa shape index (κ1) is 8.88. The fourth-order valence-electron chi connectivity index (χ4n) is 0.381. The molecular formula is C6H15NO2. The number of hydrogen-bond acceptors (Lipinski definition) is 3. The predicted molar refractivity (Wildman–Crippen MR) is 35.9 cm³/mol. The summed E-state index contributed by atoms with van der Waals surface area (Å²) in [5.41, 5.74) is 5.00. The van der Waals surface area contributed by atoms with Crippen LogP contribution in [0.25, 0.3) is 0 Å². The van der Waals surface area contributed by atoms with Gasteiger partial charge < -0.3 is 15.6 Å². The molecule has 0 rings (SSSR count). The molecule has 1 atom stereocenters. The van der Waals surface area contributed by atoms with Gasteiger partial charge in [0.1, 0.15) is 5.72 Å². The van der Waals surface area contributed by atoms with Crippen molar-refractivity contribution in [2.24, 2.45) is 5.73 Å². The highest BCUT2D eigenvalue weighted by atomic mass is 16.5. The van der Waals surface area contributed by atoms with Crippen molar-refractivity contribution in [3.63, 3.8) is 0 Å². The van der Waals surface area contributed by atoms with Gasteiger partial charge in [0, 0.05) is 0 Å². The maximum Gasteiger partial charge on any atom is 0.113 e. The Bertz CT molecular complexity index is 73.5. The number of nitrogens with two attached hydrogens (primary N) is 1. The Balaban J connectivity index is 3.33. The zero-order valence-electron chi connectivity index (χ0n) is 6.05. The molecule has 9 heavy (non-hydrogen) atoms. The first-order valence-electron chi connectivity index (χ1n) is 3.16. The number of ether oxygens (including phenoxy) is 1. The molecule has 0 aromatic rings. The average molecular weight is 133 g/mol. The molecule has 3 heteroatoms. The molecule has 0 heterocycles. The van der Waals surface area contributed by atoms with Crippen molar-refractivity contribution in [3.05, 3.63) is 0 Å². The van der Waals surface area contributed by atoms with Crippen molar-refractivity contribution >= 4 is 0 Å². The second-order valence-corrected chi connectivity index (χ2v) is 2.24. The van der Waals surface area contributed by atoms with Gasteiger partial charge in [0.25, 0.3) is 0 Å². The molecule has 1 unspecified atom stereocenters. The van der Waals surface area contributed by atoms with E-state index in [1.165, 1.54) is 0 Å². The molecule has 0 bridgehead atoms. The van der Waals surface area contributed by atoms with Gasteiger partial charge in [0.2, 0.25) is 0 Å². The second-order valence-electron chi connectivity index (χ2n) is 2.24. The van der Waals surface area contributed by atoms with E-state index in [1.54, 1.807) is 6.92 Å². The van der Waals surface area contributed by atoms with E-state index in [4.69, 9.17) is 15.6 Å². The molecule has 0 aliphatic heterocycles. The highest BCUT2D eigenvalue weighted by Gasteiger charge is 2.14. The zero-order chi connectivity index (χ0) is 7.33. The lowest BCUT2D eigenvalue weighted by atomic mass is 10.2. The number of aliphatic hydroxyl groups excluding tert-OH is 1. The smallest absolute Gasteiger partial charge is 0.113 e. The number of hydrogen-bond donors (Lipinski definition) is 2. The molecule has 0 spiro atoms. The standard InChI is InChI=1S/C6H15NO2/c1-3-6(2,7)9-5-4-8/h8H,3-5,7H2,1-2H3. The SMILES string of the molecule is CCC(C)(N)OCCO. The molecule has 3 N–H and O–H groups in total. The maximum atomic E-state index is 8.34. The van der Waals surface area contributed by atoms with Crippen LogP contribution in [-0.2, 0) is 4.74 Å². The summed E-state index contributed by atoms with van der Waals surface area (Å²) in [5.74, 6) is 0. The maximum absolute atomic E-state index is 8.34. The van der Waals surface area contributed by atoms with E-state index < -0.39 is 5.72 Å². The molecule has 56 valence electrons. The normalized spacial score (nSPS) is 17.3. The summed E-state index contributed by atoms with van der Waals surface area (Å²) in [6, 6.07) is 0. The van der Waals surface area contributed by atoms with Gasteiger partial charge in [-0.2, -0.15) is 0 Å². The number of aliphatic hydroxyl groups is 1. The van der Waals surface area contributed by atoms with Crippen LogP contribution in [0.5, 0.6) is 0 Å². The van der Waals surface area contributed by atoms with Crippen LogP contribution in [0.2, 0.25) is 0 Å². The molecule has 0 aromatic carbocycles. The monoisotopic (exact) mass is 133 g/mol. The Morgan fingerprint density at radius 3 is 2.56 bits per heavy atom. The van der Waals surface area contributed by atoms with Gasteiger partial charge in [-0.1, -0.05) is 6.92 Å². The Morgan fingerprint density at radius 1 is 1.67 bits per heavy atom. The van der Waals surface area contributed by atoms with Crippen molar-refractivity contribution in [3.8, 4) is 0 Å². The first-order chi connectivity index (χ1) is 4.12. The van der Waals surface area contributed by atoms with E-state index in [-0.39, 0.29) is 6.61 Å². The second kappa shape index (κ2) is 3.82. The Kier molecular flexibility index (Phi) is 3.77. The highest BCUT2D eigenvalue weighted by molar-refractivity contribution is 4.61. The summed E-state index contributed by atoms with van der Waals surface area (Å²) in [6.45, 7) is 4.09. The van der Waals surface area contributed by atoms with Crippen LogP contribution in [-0.4, -0.2) is 24.0 Å². The minimum atomic E-state index is -0.567. The predicted octanol–water partition coefficient (Wildman–Crippen LogP) is 0.0802. The minimum Gasteiger partial charge on any atom is -0.394 e. The number of rotatable bonds is 4. The van der Waals surface area contributed by atoms with E-state index in [0.29, 0.717) is 6.61 Å². The van der Waals surface area contributed by atoms with Gasteiger partial charge in [-0.15, -0.1) is 0 Å². The summed E-state index contributed by atoms with van der Waals surface area (Å²) in [5, 5.41) is 8.34. The highest BCUT2D eigenvalue weighted by Crippen LogP contribution is 2.04. The van der Waals surface area contributed by atoms with Crippen molar-refractivity contribution < 1.29 is 9.84 Å². The summed E-state index contributed by atoms with van der Waals surface area (Å²) in [7, 11) is 0. The van der Waals surface area contributed by atoms with Crippen molar-refractivity contribution in [2.75, 3.05) is 13.2 Å². The third-order valence-corrected chi connectivity index (χ3v) is 1.23. The van der Waals surface area contributed by atoms with Gasteiger partial charge in [-0.25, -0.2) is 0 Å². The van der Waals surface area contributed by atoms with Crippen LogP contribution in [0.1, 0.15) is 20.3 Å². The van der Waals surface area contributed by atoms with E-state index in [0.717, 1.165) is 6.42 Å². The lowest BCUT2D eigenvalue weighted by Gasteiger charge is -2.22. The molecule has 0 aliphatic carbocycles. The molecule has 0 saturated carbocycles. The average Bonchev–Trinajstić information content (AvgIpc) is 1.84. The van der Waals surface area contributed by atoms with Crippen LogP contribution in [0.3, 0.4) is 0 Å². The van der Waals surface area contributed by atoms with Gasteiger partial charge in [0.05, 0.1) is 13.2 Å². The van der Waals surface area contributed by atoms with E-state index in [9.17, 15) is 0 Å². The molecule has 0 amide bonds. The van der Waals surface area contributed by atoms with Crippen LogP contribution < -0.4 is 5.73 Å². The largest absolute Gasteiger partial charge is 0.394 e. The van der Waals surface area contributed by atoms with Gasteiger partial charge >= 0.3 is 0 Å². The van der Waals surface area contributed by atoms with Crippen LogP contribution >= 0.6 is 0 Å². The minimum absolute atomic E-state index is 0.0345. The molecule has 3 nitrogen and oxygen atoms in total. The fraction of sp³-hybridized carbons (Fsp3) is 1.00. The molecule has 0 fully saturated rings. The third-order valence-electron chi connectivity index (χ3n) is 1.23. The molecule has 0 radical (unpaired) electrons. The van der Waals surface area contributed by atoms with E-state index in [2.05, 4.69) is 0 Å². The molecule has 0 aliphatic rings. The van der Waals surface area contributed by atoms with E-state index in [1.807, 2.05) is 6.92 Å². The summed E-state index contributed by atoms with van der Waals surface area (Å²) in [6.07, 6.45) is 0.757. The lowest BCUT2D eigenvalue weighted by molar-refractivity contribution is -0.0437. The van der Waals surface area contributed by atoms with Crippen molar-refractivity contribution in [1.82, 2.24) is 0 Å². The van der Waals surface area contributed by atoms with Crippen LogP contribution in [0.4, 0.5) is 0 Å². The fourth-order valence-corrected chi connectivity index (χ4v) is 0.381. The zero-order valence-corrected chi connectivity index (χ0v) is 6.05. The molecule has 0 saturated heterocycles. The summed E-state index contributed by atoms with van der Waals surface area (Å²) >= 11 is 0. The quantitative estimate of drug-likeness (QED) is 0.534. The Labute approximate surface area is 55.8 Å². The summed E-state index contributed by atoms with van der Waals surface area (Å²) in [4.78, 5) is 0. The van der Waals surface area contributed by atoms with Crippen LogP contribution in [0, 0.1) is 0 Å². The third kappa shape index (κ3) is 4.39. The van der Waals surface area contributed by atoms with Crippen LogP contribution in [0.15, 0.2) is 0 Å². The Morgan fingerprint density at radius 2 is 2.22 bits per heavy atom. The topological polar surface area (TPSA) is 55.5 Å². The first-order valence-corrected chi connectivity index (χ1v) is 3.16. The molecule has 0 aromatic heterocycles. The molecular weight excluding hydrogens is 118 g/mol. The van der Waals surface area contributed by atoms with Gasteiger partial charge in [0.15, 0.2) is 0 Å².